The molecule has 10 heteroatoms. The first-order valence-electron chi connectivity index (χ1n) is 8.08. The Morgan fingerprint density at radius 3 is 2.88 bits per heavy atom. The van der Waals surface area contributed by atoms with E-state index in [0.29, 0.717) is 31.0 Å². The van der Waals surface area contributed by atoms with Crippen molar-refractivity contribution in [3.05, 3.63) is 41.2 Å². The smallest absolute Gasteiger partial charge is 0.377 e. The van der Waals surface area contributed by atoms with E-state index in [-0.39, 0.29) is 18.4 Å². The largest absolute Gasteiger partial charge is 0.433 e. The first-order valence-corrected chi connectivity index (χ1v) is 8.08. The summed E-state index contributed by atoms with van der Waals surface area (Å²) in [7, 11) is 1.57. The van der Waals surface area contributed by atoms with Crippen LogP contribution in [0.15, 0.2) is 18.3 Å². The molecule has 0 radical (unpaired) electrons. The minimum absolute atomic E-state index is 0.0270. The second-order valence-corrected chi connectivity index (χ2v) is 6.09. The molecular formula is C16H18F3N5O2. The number of carbonyl (C=O) groups is 1. The van der Waals surface area contributed by atoms with E-state index < -0.39 is 11.9 Å². The lowest BCUT2D eigenvalue weighted by atomic mass is 10.1. The van der Waals surface area contributed by atoms with Crippen LogP contribution in [0.2, 0.25) is 0 Å². The molecular weight excluding hydrogens is 351 g/mol. The molecule has 7 nitrogen and oxygen atoms in total. The lowest BCUT2D eigenvalue weighted by Gasteiger charge is -2.23. The van der Waals surface area contributed by atoms with Gasteiger partial charge in [0.05, 0.1) is 13.0 Å². The summed E-state index contributed by atoms with van der Waals surface area (Å²) in [5.41, 5.74) is -0.547. The van der Waals surface area contributed by atoms with Crippen LogP contribution in [-0.4, -0.2) is 38.8 Å². The van der Waals surface area contributed by atoms with E-state index in [0.717, 1.165) is 24.5 Å². The van der Waals surface area contributed by atoms with E-state index in [1.807, 2.05) is 0 Å². The summed E-state index contributed by atoms with van der Waals surface area (Å²) in [6.45, 7) is 0.834. The van der Waals surface area contributed by atoms with Crippen molar-refractivity contribution in [1.29, 1.82) is 0 Å². The third-order valence-electron chi connectivity index (χ3n) is 4.02. The van der Waals surface area contributed by atoms with Gasteiger partial charge in [0.15, 0.2) is 5.82 Å². The standard InChI is InChI=1S/C16H18F3N5O2/c1-26-9-13-22-14-5-3-11(8-24(14)23-13)21-15(25)6-10-2-4-12(20-7-10)16(17,18)19/h2,4,7,11H,3,5-6,8-9H2,1H3,(H,21,25). The molecule has 0 aromatic carbocycles. The summed E-state index contributed by atoms with van der Waals surface area (Å²) >= 11 is 0. The molecule has 1 aliphatic heterocycles. The highest BCUT2D eigenvalue weighted by atomic mass is 19.4. The van der Waals surface area contributed by atoms with Gasteiger partial charge in [-0.1, -0.05) is 6.07 Å². The molecule has 2 aromatic heterocycles. The highest BCUT2D eigenvalue weighted by Gasteiger charge is 2.32. The SMILES string of the molecule is COCc1nc2n(n1)CC(NC(=O)Cc1ccc(C(F)(F)F)nc1)CC2. The Morgan fingerprint density at radius 2 is 2.23 bits per heavy atom. The van der Waals surface area contributed by atoms with Gasteiger partial charge < -0.3 is 10.1 Å². The van der Waals surface area contributed by atoms with Gasteiger partial charge in [-0.25, -0.2) is 9.67 Å². The van der Waals surface area contributed by atoms with Crippen molar-refractivity contribution in [2.24, 2.45) is 0 Å². The highest BCUT2D eigenvalue weighted by molar-refractivity contribution is 5.78. The topological polar surface area (TPSA) is 81.9 Å². The molecule has 0 aliphatic carbocycles. The molecule has 0 spiro atoms. The molecule has 1 atom stereocenters. The number of aromatic nitrogens is 4. The predicted molar refractivity (Wildman–Crippen MR) is 83.9 cm³/mol. The fraction of sp³-hybridized carbons (Fsp3) is 0.500. The number of pyridine rings is 1. The number of nitrogens with zero attached hydrogens (tertiary/aromatic N) is 4. The molecule has 0 fully saturated rings. The third-order valence-corrected chi connectivity index (χ3v) is 4.02. The number of methoxy groups -OCH3 is 1. The maximum Gasteiger partial charge on any atom is 0.433 e. The van der Waals surface area contributed by atoms with Gasteiger partial charge in [-0.15, -0.1) is 0 Å². The van der Waals surface area contributed by atoms with Crippen LogP contribution in [0.25, 0.3) is 0 Å². The Labute approximate surface area is 147 Å². The minimum Gasteiger partial charge on any atom is -0.377 e. The van der Waals surface area contributed by atoms with Crippen molar-refractivity contribution in [2.75, 3.05) is 7.11 Å². The van der Waals surface area contributed by atoms with Gasteiger partial charge in [-0.05, 0) is 18.1 Å². The monoisotopic (exact) mass is 369 g/mol. The van der Waals surface area contributed by atoms with Gasteiger partial charge in [0, 0.05) is 25.8 Å². The third kappa shape index (κ3) is 4.37. The maximum absolute atomic E-state index is 12.5. The first kappa shape index (κ1) is 18.3. The van der Waals surface area contributed by atoms with Crippen LogP contribution in [0.1, 0.15) is 29.3 Å². The number of rotatable bonds is 5. The molecule has 3 rings (SSSR count). The summed E-state index contributed by atoms with van der Waals surface area (Å²) in [4.78, 5) is 19.9. The van der Waals surface area contributed by atoms with Crippen LogP contribution in [0.3, 0.4) is 0 Å². The number of carbonyl (C=O) groups excluding carboxylic acids is 1. The van der Waals surface area contributed by atoms with E-state index in [2.05, 4.69) is 20.4 Å². The van der Waals surface area contributed by atoms with E-state index in [4.69, 9.17) is 4.74 Å². The van der Waals surface area contributed by atoms with Gasteiger partial charge in [0.1, 0.15) is 18.1 Å². The Bertz CT molecular complexity index is 773. The van der Waals surface area contributed by atoms with E-state index >= 15 is 0 Å². The van der Waals surface area contributed by atoms with E-state index in [1.165, 1.54) is 6.07 Å². The van der Waals surface area contributed by atoms with Crippen LogP contribution < -0.4 is 5.32 Å². The summed E-state index contributed by atoms with van der Waals surface area (Å²) in [6, 6.07) is 2.04. The zero-order valence-electron chi connectivity index (χ0n) is 14.1. The molecule has 1 unspecified atom stereocenters. The Hall–Kier alpha value is -2.49. The number of amides is 1. The zero-order chi connectivity index (χ0) is 18.7. The van der Waals surface area contributed by atoms with Gasteiger partial charge in [0.25, 0.3) is 0 Å². The number of fused-ring (bicyclic) bond motifs is 1. The molecule has 26 heavy (non-hydrogen) atoms. The quantitative estimate of drug-likeness (QED) is 0.864. The van der Waals surface area contributed by atoms with Crippen molar-refractivity contribution < 1.29 is 22.7 Å². The number of hydrogen-bond donors (Lipinski definition) is 1. The normalized spacial score (nSPS) is 17.0. The number of halogens is 3. The Morgan fingerprint density at radius 1 is 1.42 bits per heavy atom. The van der Waals surface area contributed by atoms with Crippen LogP contribution in [0.4, 0.5) is 13.2 Å². The molecule has 3 heterocycles. The second-order valence-electron chi connectivity index (χ2n) is 6.09. The molecule has 0 bridgehead atoms. The van der Waals surface area contributed by atoms with E-state index in [1.54, 1.807) is 11.8 Å². The lowest BCUT2D eigenvalue weighted by Crippen LogP contribution is -2.42. The number of alkyl halides is 3. The average Bonchev–Trinajstić information content (AvgIpc) is 2.96. The van der Waals surface area contributed by atoms with Crippen molar-refractivity contribution in [2.45, 2.75) is 44.6 Å². The molecule has 1 N–H and O–H groups in total. The lowest BCUT2D eigenvalue weighted by molar-refractivity contribution is -0.141. The van der Waals surface area contributed by atoms with Gasteiger partial charge in [-0.3, -0.25) is 9.78 Å². The highest BCUT2D eigenvalue weighted by Crippen LogP contribution is 2.27. The summed E-state index contributed by atoms with van der Waals surface area (Å²) < 4.78 is 44.3. The van der Waals surface area contributed by atoms with Crippen molar-refractivity contribution in [3.8, 4) is 0 Å². The number of nitrogens with one attached hydrogen (secondary N) is 1. The number of ether oxygens (including phenoxy) is 1. The van der Waals surface area contributed by atoms with Crippen LogP contribution in [-0.2, 0) is 41.7 Å². The first-order chi connectivity index (χ1) is 12.3. The van der Waals surface area contributed by atoms with Crippen molar-refractivity contribution >= 4 is 5.91 Å². The van der Waals surface area contributed by atoms with E-state index in [9.17, 15) is 18.0 Å². The summed E-state index contributed by atoms with van der Waals surface area (Å²) in [5.74, 6) is 1.19. The molecule has 0 saturated heterocycles. The number of hydrogen-bond acceptors (Lipinski definition) is 5. The second kappa shape index (κ2) is 7.40. The average molecular weight is 369 g/mol. The van der Waals surface area contributed by atoms with Gasteiger partial charge >= 0.3 is 6.18 Å². The molecule has 140 valence electrons. The van der Waals surface area contributed by atoms with Crippen LogP contribution in [0, 0.1) is 0 Å². The van der Waals surface area contributed by atoms with Crippen LogP contribution in [0.5, 0.6) is 0 Å². The van der Waals surface area contributed by atoms with Gasteiger partial charge in [0.2, 0.25) is 5.91 Å². The van der Waals surface area contributed by atoms with Crippen molar-refractivity contribution in [1.82, 2.24) is 25.1 Å². The maximum atomic E-state index is 12.5. The summed E-state index contributed by atoms with van der Waals surface area (Å²) in [6.07, 6.45) is -2.03. The van der Waals surface area contributed by atoms with Crippen LogP contribution >= 0.6 is 0 Å². The van der Waals surface area contributed by atoms with Gasteiger partial charge in [-0.2, -0.15) is 18.3 Å². The summed E-state index contributed by atoms with van der Waals surface area (Å²) in [5, 5.41) is 7.21. The van der Waals surface area contributed by atoms with Crippen molar-refractivity contribution in [3.63, 3.8) is 0 Å². The Kier molecular flexibility index (Phi) is 5.21. The molecule has 0 saturated carbocycles. The molecule has 2 aromatic rings. The molecule has 1 amide bonds. The Balaban J connectivity index is 1.55. The fourth-order valence-corrected chi connectivity index (χ4v) is 2.83. The number of aryl methyl sites for hydroxylation is 1. The molecule has 1 aliphatic rings. The minimum atomic E-state index is -4.49. The zero-order valence-corrected chi connectivity index (χ0v) is 14.1. The predicted octanol–water partition coefficient (Wildman–Crippen LogP) is 1.51. The fourth-order valence-electron chi connectivity index (χ4n) is 2.83.